The predicted molar refractivity (Wildman–Crippen MR) is 218 cm³/mol. The summed E-state index contributed by atoms with van der Waals surface area (Å²) in [6, 6.07) is 48.7. The Morgan fingerprint density at radius 1 is 0.712 bits per heavy atom. The molecule has 0 saturated heterocycles. The Morgan fingerprint density at radius 3 is 2.12 bits per heavy atom. The van der Waals surface area contributed by atoms with Gasteiger partial charge in [-0.3, -0.25) is 4.99 Å². The van der Waals surface area contributed by atoms with Crippen LogP contribution in [0.1, 0.15) is 24.5 Å². The molecule has 1 aliphatic carbocycles. The van der Waals surface area contributed by atoms with Gasteiger partial charge in [0.2, 0.25) is 0 Å². The van der Waals surface area contributed by atoms with E-state index in [1.54, 1.807) is 0 Å². The standard InChI is InChI=1S/C47H36N4O/c1-47(28-11-4-12-29-47)46(48-2)50-45(35-25-23-34(24-26-35)33-14-5-3-6-15-33)49-31-32-22-27-38-39-18-13-21-42(44(39)52-43(38)30-32)51-40-19-9-7-16-36(40)37-17-8-10-20-41(37)51/h3-28,30H,2,29,31H2,1H3. The predicted octanol–water partition coefficient (Wildman–Crippen LogP) is 11.9. The number of fused-ring (bicyclic) bond motifs is 6. The van der Waals surface area contributed by atoms with Gasteiger partial charge in [0.1, 0.15) is 11.4 Å². The lowest BCUT2D eigenvalue weighted by atomic mass is 9.82. The monoisotopic (exact) mass is 672 g/mol. The molecule has 0 saturated carbocycles. The maximum atomic E-state index is 6.73. The third-order valence-corrected chi connectivity index (χ3v) is 10.2. The van der Waals surface area contributed by atoms with Crippen molar-refractivity contribution in [2.45, 2.75) is 19.9 Å². The molecule has 2 aromatic heterocycles. The van der Waals surface area contributed by atoms with Gasteiger partial charge in [0.15, 0.2) is 11.4 Å². The van der Waals surface area contributed by atoms with Crippen molar-refractivity contribution < 1.29 is 4.42 Å². The average Bonchev–Trinajstić information content (AvgIpc) is 3.74. The van der Waals surface area contributed by atoms with Crippen molar-refractivity contribution in [1.29, 1.82) is 0 Å². The lowest BCUT2D eigenvalue weighted by Gasteiger charge is -2.25. The first-order chi connectivity index (χ1) is 25.6. The molecule has 2 heterocycles. The lowest BCUT2D eigenvalue weighted by Crippen LogP contribution is -2.25. The molecule has 52 heavy (non-hydrogen) atoms. The van der Waals surface area contributed by atoms with Gasteiger partial charge in [-0.05, 0) is 61.0 Å². The molecule has 0 N–H and O–H groups in total. The van der Waals surface area contributed by atoms with Gasteiger partial charge in [0.25, 0.3) is 0 Å². The van der Waals surface area contributed by atoms with E-state index in [2.05, 4.69) is 175 Å². The lowest BCUT2D eigenvalue weighted by molar-refractivity contribution is 0.597. The number of hydrogen-bond donors (Lipinski definition) is 0. The normalized spacial score (nSPS) is 16.4. The SMILES string of the molecule is C=NC(=NC(=NCc1ccc2c(c1)oc1c(-n3c4ccccc4c4ccccc43)cccc12)c1ccc(-c2ccccc2)cc1)C1(C)C=CC=CC1. The number of aromatic nitrogens is 1. The Kier molecular flexibility index (Phi) is 7.81. The van der Waals surface area contributed by atoms with Gasteiger partial charge in [0.05, 0.1) is 23.3 Å². The number of aliphatic imine (C=N–C) groups is 3. The van der Waals surface area contributed by atoms with Crippen LogP contribution >= 0.6 is 0 Å². The van der Waals surface area contributed by atoms with Crippen molar-refractivity contribution >= 4 is 62.1 Å². The van der Waals surface area contributed by atoms with E-state index in [-0.39, 0.29) is 5.41 Å². The molecule has 9 rings (SSSR count). The summed E-state index contributed by atoms with van der Waals surface area (Å²) < 4.78 is 9.05. The maximum Gasteiger partial charge on any atom is 0.159 e. The van der Waals surface area contributed by atoms with Gasteiger partial charge in [-0.25, -0.2) is 9.98 Å². The Bertz CT molecular complexity index is 2710. The zero-order valence-corrected chi connectivity index (χ0v) is 28.9. The van der Waals surface area contributed by atoms with Gasteiger partial charge in [-0.2, -0.15) is 0 Å². The second-order valence-electron chi connectivity index (χ2n) is 13.5. The molecule has 0 fully saturated rings. The molecule has 1 aliphatic rings. The van der Waals surface area contributed by atoms with Crippen LogP contribution in [0.3, 0.4) is 0 Å². The topological polar surface area (TPSA) is 55.1 Å². The van der Waals surface area contributed by atoms with Crippen molar-refractivity contribution in [3.8, 4) is 16.8 Å². The molecular formula is C47H36N4O. The zero-order valence-electron chi connectivity index (χ0n) is 28.9. The summed E-state index contributed by atoms with van der Waals surface area (Å²) in [7, 11) is 0. The molecule has 0 aliphatic heterocycles. The van der Waals surface area contributed by atoms with E-state index in [0.717, 1.165) is 67.3 Å². The Labute approximate surface area is 302 Å². The van der Waals surface area contributed by atoms with Crippen LogP contribution in [-0.2, 0) is 6.54 Å². The molecule has 0 amide bonds. The highest BCUT2D eigenvalue weighted by Crippen LogP contribution is 2.38. The highest BCUT2D eigenvalue weighted by Gasteiger charge is 2.28. The average molecular weight is 673 g/mol. The third kappa shape index (κ3) is 5.48. The number of para-hydroxylation sites is 3. The number of benzene rings is 6. The Morgan fingerprint density at radius 2 is 1.40 bits per heavy atom. The largest absolute Gasteiger partial charge is 0.454 e. The minimum atomic E-state index is -0.373. The molecule has 1 atom stereocenters. The second-order valence-corrected chi connectivity index (χ2v) is 13.5. The molecule has 0 bridgehead atoms. The third-order valence-electron chi connectivity index (χ3n) is 10.2. The van der Waals surface area contributed by atoms with Gasteiger partial charge >= 0.3 is 0 Å². The number of rotatable bonds is 6. The summed E-state index contributed by atoms with van der Waals surface area (Å²) >= 11 is 0. The fourth-order valence-electron chi connectivity index (χ4n) is 7.42. The van der Waals surface area contributed by atoms with E-state index in [1.165, 1.54) is 10.8 Å². The van der Waals surface area contributed by atoms with E-state index in [0.29, 0.717) is 18.2 Å². The quantitative estimate of drug-likeness (QED) is 0.128. The highest BCUT2D eigenvalue weighted by molar-refractivity contribution is 6.13. The number of nitrogens with zero attached hydrogens (tertiary/aromatic N) is 4. The van der Waals surface area contributed by atoms with Gasteiger partial charge < -0.3 is 8.98 Å². The van der Waals surface area contributed by atoms with Gasteiger partial charge in [0, 0.05) is 32.5 Å². The van der Waals surface area contributed by atoms with Crippen LogP contribution in [0.25, 0.3) is 60.6 Å². The summed E-state index contributed by atoms with van der Waals surface area (Å²) in [5, 5.41) is 4.60. The van der Waals surface area contributed by atoms with Crippen LogP contribution in [0.15, 0.2) is 183 Å². The highest BCUT2D eigenvalue weighted by atomic mass is 16.3. The summed E-state index contributed by atoms with van der Waals surface area (Å²) in [4.78, 5) is 14.6. The van der Waals surface area contributed by atoms with Crippen LogP contribution in [0.2, 0.25) is 0 Å². The van der Waals surface area contributed by atoms with Crippen LogP contribution in [0.4, 0.5) is 0 Å². The molecule has 0 radical (unpaired) electrons. The minimum Gasteiger partial charge on any atom is -0.454 e. The first-order valence-electron chi connectivity index (χ1n) is 17.6. The fourth-order valence-corrected chi connectivity index (χ4v) is 7.42. The first-order valence-corrected chi connectivity index (χ1v) is 17.6. The van der Waals surface area contributed by atoms with Crippen molar-refractivity contribution in [3.05, 3.63) is 175 Å². The van der Waals surface area contributed by atoms with Crippen LogP contribution in [0, 0.1) is 5.41 Å². The van der Waals surface area contributed by atoms with E-state index >= 15 is 0 Å². The maximum absolute atomic E-state index is 6.73. The number of allylic oxidation sites excluding steroid dienone is 3. The minimum absolute atomic E-state index is 0.373. The molecule has 6 aromatic carbocycles. The zero-order chi connectivity index (χ0) is 35.1. The molecule has 8 aromatic rings. The van der Waals surface area contributed by atoms with E-state index in [4.69, 9.17) is 14.4 Å². The van der Waals surface area contributed by atoms with Crippen molar-refractivity contribution in [2.24, 2.45) is 20.4 Å². The van der Waals surface area contributed by atoms with Gasteiger partial charge in [-0.15, -0.1) is 0 Å². The summed E-state index contributed by atoms with van der Waals surface area (Å²) in [6.45, 7) is 6.46. The van der Waals surface area contributed by atoms with E-state index in [9.17, 15) is 0 Å². The molecular weight excluding hydrogens is 637 g/mol. The molecule has 1 unspecified atom stereocenters. The summed E-state index contributed by atoms with van der Waals surface area (Å²) in [5.41, 5.74) is 8.88. The van der Waals surface area contributed by atoms with Crippen molar-refractivity contribution in [2.75, 3.05) is 0 Å². The van der Waals surface area contributed by atoms with Crippen LogP contribution in [-0.4, -0.2) is 23.0 Å². The van der Waals surface area contributed by atoms with Crippen molar-refractivity contribution in [1.82, 2.24) is 4.57 Å². The summed E-state index contributed by atoms with van der Waals surface area (Å²) in [6.07, 6.45) is 9.17. The number of amidine groups is 2. The summed E-state index contributed by atoms with van der Waals surface area (Å²) in [5.74, 6) is 1.26. The molecule has 0 spiro atoms. The smallest absolute Gasteiger partial charge is 0.159 e. The van der Waals surface area contributed by atoms with Crippen LogP contribution in [0.5, 0.6) is 0 Å². The second kappa shape index (κ2) is 12.9. The van der Waals surface area contributed by atoms with Gasteiger partial charge in [-0.1, -0.05) is 140 Å². The fraction of sp³-hybridized carbons (Fsp3) is 0.0851. The number of hydrogen-bond acceptors (Lipinski definition) is 2. The first kappa shape index (κ1) is 31.4. The van der Waals surface area contributed by atoms with E-state index in [1.807, 2.05) is 12.1 Å². The Balaban J connectivity index is 1.12. The molecule has 5 heteroatoms. The molecule has 250 valence electrons. The number of furan rings is 1. The van der Waals surface area contributed by atoms with E-state index < -0.39 is 0 Å². The molecule has 5 nitrogen and oxygen atoms in total. The van der Waals surface area contributed by atoms with Crippen molar-refractivity contribution in [3.63, 3.8) is 0 Å². The Hall–Kier alpha value is -6.59. The van der Waals surface area contributed by atoms with Crippen LogP contribution < -0.4 is 0 Å².